The van der Waals surface area contributed by atoms with Gasteiger partial charge < -0.3 is 5.11 Å². The lowest BCUT2D eigenvalue weighted by Crippen LogP contribution is -2.30. The number of hydrogen-bond acceptors (Lipinski definition) is 4. The van der Waals surface area contributed by atoms with Crippen LogP contribution >= 0.6 is 0 Å². The number of aromatic carboxylic acids is 1. The average Bonchev–Trinajstić information content (AvgIpc) is 2.72. The van der Waals surface area contributed by atoms with E-state index in [4.69, 9.17) is 5.11 Å². The van der Waals surface area contributed by atoms with Crippen molar-refractivity contribution in [2.75, 3.05) is 4.90 Å². The quantitative estimate of drug-likeness (QED) is 0.850. The number of aryl methyl sites for hydroxylation is 1. The number of carbonyl (C=O) groups is 3. The van der Waals surface area contributed by atoms with Crippen LogP contribution in [-0.4, -0.2) is 27.9 Å². The van der Waals surface area contributed by atoms with Crippen LogP contribution in [0.25, 0.3) is 0 Å². The molecule has 3 rings (SSSR count). The third-order valence-electron chi connectivity index (χ3n) is 3.39. The van der Waals surface area contributed by atoms with Gasteiger partial charge in [-0.2, -0.15) is 0 Å². The zero-order chi connectivity index (χ0) is 15.1. The largest absolute Gasteiger partial charge is 0.478 e. The molecule has 2 amide bonds. The third kappa shape index (κ3) is 1.88. The number of pyridine rings is 1. The molecule has 0 saturated heterocycles. The van der Waals surface area contributed by atoms with Crippen molar-refractivity contribution in [3.05, 3.63) is 58.9 Å². The SMILES string of the molecule is Cc1ccc(C(=O)O)cc1N1C(=O)c2ccncc2C1=O. The molecule has 0 radical (unpaired) electrons. The van der Waals surface area contributed by atoms with Crippen molar-refractivity contribution in [1.29, 1.82) is 0 Å². The standard InChI is InChI=1S/C15H10N2O4/c1-8-2-3-9(15(20)21)6-12(8)17-13(18)10-4-5-16-7-11(10)14(17)19/h2-7H,1H3,(H,20,21). The van der Waals surface area contributed by atoms with Crippen molar-refractivity contribution in [2.24, 2.45) is 0 Å². The molecule has 1 N–H and O–H groups in total. The van der Waals surface area contributed by atoms with Crippen LogP contribution in [0.1, 0.15) is 36.6 Å². The molecular weight excluding hydrogens is 272 g/mol. The molecule has 2 aromatic rings. The van der Waals surface area contributed by atoms with E-state index >= 15 is 0 Å². The van der Waals surface area contributed by atoms with Gasteiger partial charge in [0.05, 0.1) is 22.4 Å². The third-order valence-corrected chi connectivity index (χ3v) is 3.39. The van der Waals surface area contributed by atoms with Crippen LogP contribution in [0.4, 0.5) is 5.69 Å². The summed E-state index contributed by atoms with van der Waals surface area (Å²) in [7, 11) is 0. The van der Waals surface area contributed by atoms with Crippen LogP contribution in [0, 0.1) is 6.92 Å². The van der Waals surface area contributed by atoms with E-state index in [9.17, 15) is 14.4 Å². The molecule has 1 aliphatic heterocycles. The fourth-order valence-corrected chi connectivity index (χ4v) is 2.29. The Morgan fingerprint density at radius 2 is 1.86 bits per heavy atom. The first kappa shape index (κ1) is 13.0. The van der Waals surface area contributed by atoms with E-state index in [0.29, 0.717) is 5.56 Å². The summed E-state index contributed by atoms with van der Waals surface area (Å²) in [5.74, 6) is -2.08. The van der Waals surface area contributed by atoms with Crippen molar-refractivity contribution in [2.45, 2.75) is 6.92 Å². The van der Waals surface area contributed by atoms with E-state index in [1.54, 1.807) is 13.0 Å². The summed E-state index contributed by atoms with van der Waals surface area (Å²) < 4.78 is 0. The number of aromatic nitrogens is 1. The molecule has 0 spiro atoms. The highest BCUT2D eigenvalue weighted by molar-refractivity contribution is 6.34. The summed E-state index contributed by atoms with van der Waals surface area (Å²) in [6.07, 6.45) is 2.78. The highest BCUT2D eigenvalue weighted by Crippen LogP contribution is 2.30. The summed E-state index contributed by atoms with van der Waals surface area (Å²) in [6.45, 7) is 1.71. The molecule has 0 bridgehead atoms. The Hall–Kier alpha value is -3.02. The first-order valence-corrected chi connectivity index (χ1v) is 6.17. The summed E-state index contributed by atoms with van der Waals surface area (Å²) in [6, 6.07) is 5.81. The first-order valence-electron chi connectivity index (χ1n) is 6.17. The second kappa shape index (κ2) is 4.52. The molecule has 0 saturated carbocycles. The van der Waals surface area contributed by atoms with Gasteiger partial charge in [0.25, 0.3) is 11.8 Å². The first-order chi connectivity index (χ1) is 10.0. The number of amides is 2. The lowest BCUT2D eigenvalue weighted by molar-refractivity contribution is 0.0695. The van der Waals surface area contributed by atoms with Crippen LogP contribution < -0.4 is 4.90 Å². The maximum Gasteiger partial charge on any atom is 0.335 e. The molecule has 0 fully saturated rings. The van der Waals surface area contributed by atoms with Crippen molar-refractivity contribution in [3.8, 4) is 0 Å². The normalized spacial score (nSPS) is 13.5. The second-order valence-electron chi connectivity index (χ2n) is 4.67. The summed E-state index contributed by atoms with van der Waals surface area (Å²) >= 11 is 0. The number of hydrogen-bond donors (Lipinski definition) is 1. The Morgan fingerprint density at radius 3 is 2.52 bits per heavy atom. The molecule has 1 aromatic carbocycles. The number of rotatable bonds is 2. The molecule has 0 aliphatic carbocycles. The van der Waals surface area contributed by atoms with Gasteiger partial charge >= 0.3 is 5.97 Å². The number of nitrogens with zero attached hydrogens (tertiary/aromatic N) is 2. The number of carboxylic acids is 1. The molecule has 6 nitrogen and oxygen atoms in total. The van der Waals surface area contributed by atoms with Crippen LogP contribution in [-0.2, 0) is 0 Å². The van der Waals surface area contributed by atoms with Gasteiger partial charge in [0, 0.05) is 12.4 Å². The molecule has 104 valence electrons. The van der Waals surface area contributed by atoms with Crippen molar-refractivity contribution < 1.29 is 19.5 Å². The van der Waals surface area contributed by atoms with Gasteiger partial charge in [-0.25, -0.2) is 9.69 Å². The maximum absolute atomic E-state index is 12.4. The minimum atomic E-state index is -1.12. The van der Waals surface area contributed by atoms with Crippen LogP contribution in [0.15, 0.2) is 36.7 Å². The van der Waals surface area contributed by atoms with E-state index in [1.807, 2.05) is 0 Å². The molecule has 6 heteroatoms. The van der Waals surface area contributed by atoms with E-state index in [2.05, 4.69) is 4.98 Å². The Bertz CT molecular complexity index is 763. The Balaban J connectivity index is 2.15. The highest BCUT2D eigenvalue weighted by Gasteiger charge is 2.37. The van der Waals surface area contributed by atoms with Gasteiger partial charge in [-0.15, -0.1) is 0 Å². The van der Waals surface area contributed by atoms with Gasteiger partial charge in [-0.1, -0.05) is 6.07 Å². The van der Waals surface area contributed by atoms with Crippen molar-refractivity contribution in [1.82, 2.24) is 4.98 Å². The molecule has 0 unspecified atom stereocenters. The fraction of sp³-hybridized carbons (Fsp3) is 0.0667. The molecule has 21 heavy (non-hydrogen) atoms. The zero-order valence-corrected chi connectivity index (χ0v) is 11.0. The van der Waals surface area contributed by atoms with Crippen LogP contribution in [0.3, 0.4) is 0 Å². The summed E-state index contributed by atoms with van der Waals surface area (Å²) in [5.41, 5.74) is 1.44. The fourth-order valence-electron chi connectivity index (χ4n) is 2.29. The van der Waals surface area contributed by atoms with Gasteiger partial charge in [0.2, 0.25) is 0 Å². The predicted octanol–water partition coefficient (Wildman–Crippen LogP) is 1.89. The lowest BCUT2D eigenvalue weighted by Gasteiger charge is -2.17. The minimum absolute atomic E-state index is 0.0188. The number of carboxylic acid groups (broad SMARTS) is 1. The maximum atomic E-state index is 12.4. The number of anilines is 1. The van der Waals surface area contributed by atoms with Crippen LogP contribution in [0.2, 0.25) is 0 Å². The van der Waals surface area contributed by atoms with Gasteiger partial charge in [-0.3, -0.25) is 14.6 Å². The molecule has 1 aliphatic rings. The summed E-state index contributed by atoms with van der Waals surface area (Å²) in [4.78, 5) is 40.6. The van der Waals surface area contributed by atoms with Crippen molar-refractivity contribution >= 4 is 23.5 Å². The number of benzene rings is 1. The van der Waals surface area contributed by atoms with E-state index < -0.39 is 17.8 Å². The summed E-state index contributed by atoms with van der Waals surface area (Å²) in [5, 5.41) is 9.05. The predicted molar refractivity (Wildman–Crippen MR) is 73.5 cm³/mol. The average molecular weight is 282 g/mol. The topological polar surface area (TPSA) is 87.6 Å². The number of fused-ring (bicyclic) bond motifs is 1. The monoisotopic (exact) mass is 282 g/mol. The highest BCUT2D eigenvalue weighted by atomic mass is 16.4. The van der Waals surface area contributed by atoms with E-state index in [0.717, 1.165) is 4.90 Å². The Labute approximate surface area is 119 Å². The smallest absolute Gasteiger partial charge is 0.335 e. The Morgan fingerprint density at radius 1 is 1.14 bits per heavy atom. The molecule has 1 aromatic heterocycles. The van der Waals surface area contributed by atoms with E-state index in [-0.39, 0.29) is 22.4 Å². The second-order valence-corrected chi connectivity index (χ2v) is 4.67. The number of imide groups is 1. The van der Waals surface area contributed by atoms with Gasteiger partial charge in [0.1, 0.15) is 0 Å². The molecular formula is C15H10N2O4. The van der Waals surface area contributed by atoms with Gasteiger partial charge in [0.15, 0.2) is 0 Å². The van der Waals surface area contributed by atoms with Crippen molar-refractivity contribution in [3.63, 3.8) is 0 Å². The molecule has 2 heterocycles. The Kier molecular flexibility index (Phi) is 2.79. The lowest BCUT2D eigenvalue weighted by atomic mass is 10.1. The minimum Gasteiger partial charge on any atom is -0.478 e. The van der Waals surface area contributed by atoms with E-state index in [1.165, 1.54) is 30.6 Å². The molecule has 0 atom stereocenters. The van der Waals surface area contributed by atoms with Crippen LogP contribution in [0.5, 0.6) is 0 Å². The zero-order valence-electron chi connectivity index (χ0n) is 11.0. The number of carbonyl (C=O) groups excluding carboxylic acids is 2. The van der Waals surface area contributed by atoms with Gasteiger partial charge in [-0.05, 0) is 30.7 Å².